The lowest BCUT2D eigenvalue weighted by molar-refractivity contribution is 0.0861. The maximum Gasteiger partial charge on any atom is 0.251 e. The van der Waals surface area contributed by atoms with E-state index in [4.69, 9.17) is 4.74 Å². The van der Waals surface area contributed by atoms with Gasteiger partial charge in [0.15, 0.2) is 0 Å². The highest BCUT2D eigenvalue weighted by Crippen LogP contribution is 2.28. The molecule has 226 valence electrons. The van der Waals surface area contributed by atoms with Gasteiger partial charge < -0.3 is 15.0 Å². The number of unbranched alkanes of at least 4 members (excludes halogenated alkanes) is 2. The van der Waals surface area contributed by atoms with Crippen LogP contribution in [-0.4, -0.2) is 67.6 Å². The number of nitrogens with one attached hydrogen (secondary N) is 1. The van der Waals surface area contributed by atoms with Crippen LogP contribution in [0.15, 0.2) is 84.9 Å². The number of amides is 1. The minimum atomic E-state index is -0.0204. The third-order valence-electron chi connectivity index (χ3n) is 8.30. The van der Waals surface area contributed by atoms with E-state index < -0.39 is 0 Å². The number of likely N-dealkylation sites (tertiary alicyclic amines) is 1. The van der Waals surface area contributed by atoms with Gasteiger partial charge in [0.05, 0.1) is 0 Å². The second kappa shape index (κ2) is 17.7. The third-order valence-corrected chi connectivity index (χ3v) is 8.30. The highest BCUT2D eigenvalue weighted by atomic mass is 16.5. The third kappa shape index (κ3) is 10.3. The number of carbonyl (C=O) groups excluding carboxylic acids is 1. The summed E-state index contributed by atoms with van der Waals surface area (Å²) in [6.45, 7) is 11.5. The summed E-state index contributed by atoms with van der Waals surface area (Å²) >= 11 is 0. The lowest BCUT2D eigenvalue weighted by atomic mass is 9.90. The van der Waals surface area contributed by atoms with Crippen molar-refractivity contribution in [2.45, 2.75) is 70.8 Å². The van der Waals surface area contributed by atoms with Crippen molar-refractivity contribution in [1.82, 2.24) is 15.1 Å². The molecule has 5 heteroatoms. The molecule has 1 aliphatic rings. The first-order valence-corrected chi connectivity index (χ1v) is 16.3. The fourth-order valence-corrected chi connectivity index (χ4v) is 5.92. The summed E-state index contributed by atoms with van der Waals surface area (Å²) in [5.41, 5.74) is 3.36. The highest BCUT2D eigenvalue weighted by molar-refractivity contribution is 5.94. The highest BCUT2D eigenvalue weighted by Gasteiger charge is 2.25. The van der Waals surface area contributed by atoms with Crippen molar-refractivity contribution >= 4 is 5.91 Å². The fourth-order valence-electron chi connectivity index (χ4n) is 5.92. The normalized spacial score (nSPS) is 15.7. The summed E-state index contributed by atoms with van der Waals surface area (Å²) in [6, 6.07) is 29.3. The Hall–Kier alpha value is -3.15. The number of rotatable bonds is 17. The predicted octanol–water partition coefficient (Wildman–Crippen LogP) is 7.38. The Morgan fingerprint density at radius 2 is 1.52 bits per heavy atom. The zero-order valence-electron chi connectivity index (χ0n) is 25.8. The van der Waals surface area contributed by atoms with Crippen LogP contribution < -0.4 is 10.1 Å². The van der Waals surface area contributed by atoms with Gasteiger partial charge in [-0.25, -0.2) is 0 Å². The van der Waals surface area contributed by atoms with Gasteiger partial charge in [0, 0.05) is 31.1 Å². The van der Waals surface area contributed by atoms with Crippen LogP contribution in [0, 0.1) is 0 Å². The number of nitrogens with zero attached hydrogens (tertiary/aromatic N) is 2. The van der Waals surface area contributed by atoms with Crippen LogP contribution >= 0.6 is 0 Å². The number of hydrogen-bond donors (Lipinski definition) is 1. The molecule has 3 aromatic rings. The lowest BCUT2D eigenvalue weighted by Crippen LogP contribution is -2.43. The van der Waals surface area contributed by atoms with Gasteiger partial charge >= 0.3 is 0 Å². The molecule has 0 radical (unpaired) electrons. The molecular weight excluding hydrogens is 518 g/mol. The summed E-state index contributed by atoms with van der Waals surface area (Å²) in [7, 11) is 0. The van der Waals surface area contributed by atoms with E-state index >= 15 is 0 Å². The maximum absolute atomic E-state index is 12.9. The Morgan fingerprint density at radius 1 is 0.881 bits per heavy atom. The molecule has 3 aromatic carbocycles. The molecule has 1 amide bonds. The fraction of sp³-hybridized carbons (Fsp3) is 0.486. The number of piperidine rings is 1. The summed E-state index contributed by atoms with van der Waals surface area (Å²) in [4.78, 5) is 18.0. The van der Waals surface area contributed by atoms with E-state index in [0.29, 0.717) is 18.0 Å². The Bertz CT molecular complexity index is 1120. The smallest absolute Gasteiger partial charge is 0.251 e. The molecule has 5 nitrogen and oxygen atoms in total. The molecule has 0 spiro atoms. The molecule has 1 fully saturated rings. The second-order valence-corrected chi connectivity index (χ2v) is 11.7. The second-order valence-electron chi connectivity index (χ2n) is 11.7. The van der Waals surface area contributed by atoms with Gasteiger partial charge in [-0.05, 0) is 87.6 Å². The summed E-state index contributed by atoms with van der Waals surface area (Å²) in [5, 5.41) is 3.13. The molecule has 1 atom stereocenters. The van der Waals surface area contributed by atoms with Crippen LogP contribution in [-0.2, 0) is 0 Å². The van der Waals surface area contributed by atoms with Gasteiger partial charge in [0.2, 0.25) is 0 Å². The van der Waals surface area contributed by atoms with Crippen molar-refractivity contribution in [1.29, 1.82) is 0 Å². The first kappa shape index (κ1) is 31.8. The van der Waals surface area contributed by atoms with E-state index in [1.807, 2.05) is 24.3 Å². The quantitative estimate of drug-likeness (QED) is 0.172. The minimum absolute atomic E-state index is 0.0204. The van der Waals surface area contributed by atoms with Gasteiger partial charge in [-0.15, -0.1) is 0 Å². The molecule has 0 saturated carbocycles. The number of hydrogen-bond acceptors (Lipinski definition) is 4. The van der Waals surface area contributed by atoms with Crippen LogP contribution in [0.4, 0.5) is 0 Å². The summed E-state index contributed by atoms with van der Waals surface area (Å²) < 4.78 is 6.47. The zero-order valence-corrected chi connectivity index (χ0v) is 25.8. The van der Waals surface area contributed by atoms with Gasteiger partial charge in [0.1, 0.15) is 11.9 Å². The monoisotopic (exact) mass is 569 g/mol. The van der Waals surface area contributed by atoms with Crippen molar-refractivity contribution in [3.63, 3.8) is 0 Å². The molecule has 1 aliphatic heterocycles. The number of ether oxygens (including phenoxy) is 1. The molecule has 42 heavy (non-hydrogen) atoms. The lowest BCUT2D eigenvalue weighted by Gasteiger charge is -2.35. The molecule has 0 aliphatic carbocycles. The molecular formula is C37H51N3O2. The van der Waals surface area contributed by atoms with E-state index in [0.717, 1.165) is 64.3 Å². The van der Waals surface area contributed by atoms with E-state index in [1.165, 1.54) is 36.8 Å². The van der Waals surface area contributed by atoms with Gasteiger partial charge in [-0.3, -0.25) is 9.69 Å². The molecule has 1 unspecified atom stereocenters. The Morgan fingerprint density at radius 3 is 2.17 bits per heavy atom. The largest absolute Gasteiger partial charge is 0.489 e. The zero-order chi connectivity index (χ0) is 29.4. The number of carbonyl (C=O) groups is 1. The van der Waals surface area contributed by atoms with Crippen LogP contribution in [0.2, 0.25) is 0 Å². The average molecular weight is 570 g/mol. The summed E-state index contributed by atoms with van der Waals surface area (Å²) in [6.07, 6.45) is 8.14. The number of benzene rings is 3. The maximum atomic E-state index is 12.9. The Kier molecular flexibility index (Phi) is 13.4. The average Bonchev–Trinajstić information content (AvgIpc) is 3.04. The van der Waals surface area contributed by atoms with Crippen LogP contribution in [0.1, 0.15) is 86.2 Å². The molecule has 0 aromatic heterocycles. The predicted molar refractivity (Wildman–Crippen MR) is 174 cm³/mol. The first-order chi connectivity index (χ1) is 20.7. The molecule has 1 heterocycles. The van der Waals surface area contributed by atoms with Crippen molar-refractivity contribution in [2.75, 3.05) is 45.8 Å². The standard InChI is InChI=1S/C37H51N3O2/c1-3-5-24-39(25-6-4-2)27-15-23-38-37(41)33-20-13-21-34(28-33)42-35-22-14-26-40(29-35)30-36(31-16-9-7-10-17-31)32-18-11-8-12-19-32/h7-13,16-21,28,35-36H,3-6,14-15,22-27,29-30H2,1-2H3,(H,38,41). The van der Waals surface area contributed by atoms with Crippen molar-refractivity contribution in [3.05, 3.63) is 102 Å². The van der Waals surface area contributed by atoms with E-state index in [9.17, 15) is 4.79 Å². The topological polar surface area (TPSA) is 44.8 Å². The van der Waals surface area contributed by atoms with E-state index in [2.05, 4.69) is 89.6 Å². The molecule has 1 N–H and O–H groups in total. The van der Waals surface area contributed by atoms with Crippen molar-refractivity contribution in [2.24, 2.45) is 0 Å². The Labute approximate surface area is 254 Å². The van der Waals surface area contributed by atoms with Crippen LogP contribution in [0.3, 0.4) is 0 Å². The minimum Gasteiger partial charge on any atom is -0.489 e. The van der Waals surface area contributed by atoms with Crippen molar-refractivity contribution < 1.29 is 9.53 Å². The summed E-state index contributed by atoms with van der Waals surface area (Å²) in [5.74, 6) is 1.08. The van der Waals surface area contributed by atoms with Crippen LogP contribution in [0.25, 0.3) is 0 Å². The molecule has 1 saturated heterocycles. The Balaban J connectivity index is 1.28. The van der Waals surface area contributed by atoms with Gasteiger partial charge in [-0.1, -0.05) is 93.4 Å². The molecule has 4 rings (SSSR count). The van der Waals surface area contributed by atoms with Gasteiger partial charge in [-0.2, -0.15) is 0 Å². The van der Waals surface area contributed by atoms with Crippen LogP contribution in [0.5, 0.6) is 5.75 Å². The van der Waals surface area contributed by atoms with Crippen molar-refractivity contribution in [3.8, 4) is 5.75 Å². The molecule has 0 bridgehead atoms. The first-order valence-electron chi connectivity index (χ1n) is 16.3. The van der Waals surface area contributed by atoms with E-state index in [-0.39, 0.29) is 12.0 Å². The van der Waals surface area contributed by atoms with Gasteiger partial charge in [0.25, 0.3) is 5.91 Å². The van der Waals surface area contributed by atoms with E-state index in [1.54, 1.807) is 0 Å². The SMILES string of the molecule is CCCCN(CCCC)CCCNC(=O)c1cccc(OC2CCCN(CC(c3ccccc3)c3ccccc3)C2)c1.